The average molecular weight is 188 g/mol. The van der Waals surface area contributed by atoms with Crippen LogP contribution >= 0.6 is 0 Å². The molecule has 13 heavy (non-hydrogen) atoms. The summed E-state index contributed by atoms with van der Waals surface area (Å²) in [6.45, 7) is 5.14. The lowest BCUT2D eigenvalue weighted by Gasteiger charge is -2.16. The molecule has 80 valence electrons. The third kappa shape index (κ3) is 7.03. The highest BCUT2D eigenvalue weighted by atomic mass is 16.5. The molecule has 0 aliphatic heterocycles. The Morgan fingerprint density at radius 2 is 1.85 bits per heavy atom. The molecule has 0 saturated carbocycles. The Morgan fingerprint density at radius 3 is 2.31 bits per heavy atom. The molecule has 0 aliphatic carbocycles. The topological polar surface area (TPSA) is 29.5 Å². The summed E-state index contributed by atoms with van der Waals surface area (Å²) < 4.78 is 4.94. The van der Waals surface area contributed by atoms with Crippen molar-refractivity contribution in [1.29, 1.82) is 0 Å². The fraction of sp³-hybridized carbons (Fsp3) is 1.00. The van der Waals surface area contributed by atoms with E-state index in [1.165, 1.54) is 12.8 Å². The minimum Gasteiger partial charge on any atom is -0.393 e. The molecule has 1 N–H and O–H groups in total. The van der Waals surface area contributed by atoms with Gasteiger partial charge >= 0.3 is 0 Å². The fourth-order valence-corrected chi connectivity index (χ4v) is 1.59. The molecule has 0 aromatic rings. The summed E-state index contributed by atoms with van der Waals surface area (Å²) in [5.74, 6) is 0.692. The number of aliphatic hydroxyl groups is 1. The molecule has 0 saturated heterocycles. The molecule has 0 fully saturated rings. The highest BCUT2D eigenvalue weighted by molar-refractivity contribution is 4.62. The summed E-state index contributed by atoms with van der Waals surface area (Å²) in [6, 6.07) is 0. The Bertz CT molecular complexity index is 100. The van der Waals surface area contributed by atoms with E-state index < -0.39 is 0 Å². The summed E-state index contributed by atoms with van der Waals surface area (Å²) in [7, 11) is 1.70. The predicted octanol–water partition coefficient (Wildman–Crippen LogP) is 2.60. The molecule has 0 aliphatic rings. The van der Waals surface area contributed by atoms with Crippen LogP contribution in [0.2, 0.25) is 0 Å². The van der Waals surface area contributed by atoms with Crippen LogP contribution in [-0.2, 0) is 4.74 Å². The number of methoxy groups -OCH3 is 1. The summed E-state index contributed by atoms with van der Waals surface area (Å²) in [6.07, 6.45) is 5.04. The van der Waals surface area contributed by atoms with Crippen molar-refractivity contribution in [2.75, 3.05) is 13.7 Å². The van der Waals surface area contributed by atoms with Crippen molar-refractivity contribution in [3.8, 4) is 0 Å². The van der Waals surface area contributed by atoms with Gasteiger partial charge in [-0.2, -0.15) is 0 Å². The molecule has 2 heteroatoms. The molecule has 0 radical (unpaired) electrons. The third-order valence-corrected chi connectivity index (χ3v) is 2.65. The molecular formula is C11H24O2. The molecule has 0 heterocycles. The van der Waals surface area contributed by atoms with Crippen LogP contribution in [0, 0.1) is 5.92 Å². The zero-order valence-electron chi connectivity index (χ0n) is 9.25. The molecule has 1 atom stereocenters. The van der Waals surface area contributed by atoms with E-state index >= 15 is 0 Å². The first-order chi connectivity index (χ1) is 6.24. The minimum absolute atomic E-state index is 0.125. The fourth-order valence-electron chi connectivity index (χ4n) is 1.59. The normalized spacial score (nSPS) is 13.6. The Labute approximate surface area is 82.3 Å². The summed E-state index contributed by atoms with van der Waals surface area (Å²) >= 11 is 0. The van der Waals surface area contributed by atoms with Gasteiger partial charge < -0.3 is 9.84 Å². The summed E-state index contributed by atoms with van der Waals surface area (Å²) in [5, 5.41) is 9.65. The first kappa shape index (κ1) is 12.9. The molecule has 0 spiro atoms. The van der Waals surface area contributed by atoms with Gasteiger partial charge in [0.2, 0.25) is 0 Å². The van der Waals surface area contributed by atoms with E-state index in [9.17, 15) is 5.11 Å². The summed E-state index contributed by atoms with van der Waals surface area (Å²) in [4.78, 5) is 0. The Morgan fingerprint density at radius 1 is 1.23 bits per heavy atom. The first-order valence-corrected chi connectivity index (χ1v) is 5.41. The van der Waals surface area contributed by atoms with Gasteiger partial charge in [0.25, 0.3) is 0 Å². The van der Waals surface area contributed by atoms with E-state index in [0.717, 1.165) is 25.9 Å². The molecular weight excluding hydrogens is 164 g/mol. The Balaban J connectivity index is 3.42. The van der Waals surface area contributed by atoms with Gasteiger partial charge in [0.15, 0.2) is 0 Å². The quantitative estimate of drug-likeness (QED) is 0.593. The molecule has 0 aromatic heterocycles. The zero-order valence-corrected chi connectivity index (χ0v) is 9.25. The van der Waals surface area contributed by atoms with E-state index in [4.69, 9.17) is 4.74 Å². The second-order valence-corrected chi connectivity index (χ2v) is 3.71. The maximum absolute atomic E-state index is 9.65. The monoisotopic (exact) mass is 188 g/mol. The van der Waals surface area contributed by atoms with Crippen LogP contribution < -0.4 is 0 Å². The minimum atomic E-state index is -0.125. The lowest BCUT2D eigenvalue weighted by Crippen LogP contribution is -2.13. The van der Waals surface area contributed by atoms with Gasteiger partial charge in [0, 0.05) is 13.7 Å². The van der Waals surface area contributed by atoms with Crippen molar-refractivity contribution in [3.63, 3.8) is 0 Å². The van der Waals surface area contributed by atoms with E-state index in [1.54, 1.807) is 7.11 Å². The van der Waals surface area contributed by atoms with Gasteiger partial charge in [-0.1, -0.05) is 26.7 Å². The smallest absolute Gasteiger partial charge is 0.0543 e. The maximum Gasteiger partial charge on any atom is 0.0543 e. The molecule has 2 nitrogen and oxygen atoms in total. The van der Waals surface area contributed by atoms with E-state index in [-0.39, 0.29) is 6.10 Å². The van der Waals surface area contributed by atoms with Crippen LogP contribution in [0.1, 0.15) is 46.0 Å². The lowest BCUT2D eigenvalue weighted by molar-refractivity contribution is 0.111. The number of hydrogen-bond donors (Lipinski definition) is 1. The lowest BCUT2D eigenvalue weighted by atomic mass is 9.94. The second kappa shape index (κ2) is 8.52. The Hall–Kier alpha value is -0.0800. The van der Waals surface area contributed by atoms with Gasteiger partial charge in [-0.15, -0.1) is 0 Å². The highest BCUT2D eigenvalue weighted by Gasteiger charge is 2.10. The van der Waals surface area contributed by atoms with Crippen LogP contribution in [0.15, 0.2) is 0 Å². The largest absolute Gasteiger partial charge is 0.393 e. The molecule has 0 rings (SSSR count). The van der Waals surface area contributed by atoms with Crippen LogP contribution in [0.5, 0.6) is 0 Å². The highest BCUT2D eigenvalue weighted by Crippen LogP contribution is 2.17. The van der Waals surface area contributed by atoms with E-state index in [0.29, 0.717) is 5.92 Å². The Kier molecular flexibility index (Phi) is 8.46. The van der Waals surface area contributed by atoms with E-state index in [2.05, 4.69) is 13.8 Å². The second-order valence-electron chi connectivity index (χ2n) is 3.71. The van der Waals surface area contributed by atoms with Crippen molar-refractivity contribution < 1.29 is 9.84 Å². The van der Waals surface area contributed by atoms with Crippen LogP contribution in [-0.4, -0.2) is 24.9 Å². The number of hydrogen-bond acceptors (Lipinski definition) is 2. The first-order valence-electron chi connectivity index (χ1n) is 5.41. The molecule has 0 aromatic carbocycles. The average Bonchev–Trinajstić information content (AvgIpc) is 2.14. The van der Waals surface area contributed by atoms with Gasteiger partial charge in [0.1, 0.15) is 0 Å². The van der Waals surface area contributed by atoms with Crippen LogP contribution in [0.25, 0.3) is 0 Å². The number of ether oxygens (including phenoxy) is 1. The SMILES string of the molecule is CCC(CC)CC(O)CCCOC. The number of rotatable bonds is 8. The molecule has 0 amide bonds. The van der Waals surface area contributed by atoms with Crippen molar-refractivity contribution in [1.82, 2.24) is 0 Å². The molecule has 0 bridgehead atoms. The standard InChI is InChI=1S/C11H24O2/c1-4-10(5-2)9-11(12)7-6-8-13-3/h10-12H,4-9H2,1-3H3. The third-order valence-electron chi connectivity index (χ3n) is 2.65. The van der Waals surface area contributed by atoms with Gasteiger partial charge in [-0.05, 0) is 25.2 Å². The van der Waals surface area contributed by atoms with Gasteiger partial charge in [-0.3, -0.25) is 0 Å². The van der Waals surface area contributed by atoms with Gasteiger partial charge in [-0.25, -0.2) is 0 Å². The molecule has 1 unspecified atom stereocenters. The number of aliphatic hydroxyl groups excluding tert-OH is 1. The predicted molar refractivity (Wildman–Crippen MR) is 55.8 cm³/mol. The van der Waals surface area contributed by atoms with E-state index in [1.807, 2.05) is 0 Å². The van der Waals surface area contributed by atoms with Crippen molar-refractivity contribution in [3.05, 3.63) is 0 Å². The van der Waals surface area contributed by atoms with Crippen molar-refractivity contribution in [2.24, 2.45) is 5.92 Å². The zero-order chi connectivity index (χ0) is 10.1. The van der Waals surface area contributed by atoms with Gasteiger partial charge in [0.05, 0.1) is 6.10 Å². The van der Waals surface area contributed by atoms with Crippen LogP contribution in [0.3, 0.4) is 0 Å². The van der Waals surface area contributed by atoms with Crippen LogP contribution in [0.4, 0.5) is 0 Å². The van der Waals surface area contributed by atoms with Crippen molar-refractivity contribution in [2.45, 2.75) is 52.1 Å². The maximum atomic E-state index is 9.65. The summed E-state index contributed by atoms with van der Waals surface area (Å²) in [5.41, 5.74) is 0. The van der Waals surface area contributed by atoms with Crippen molar-refractivity contribution >= 4 is 0 Å².